The molecule has 1 fully saturated rings. The molecule has 1 aliphatic heterocycles. The summed E-state index contributed by atoms with van der Waals surface area (Å²) in [5, 5.41) is 0. The van der Waals surface area contributed by atoms with Crippen LogP contribution in [-0.2, 0) is 0 Å². The zero-order valence-corrected chi connectivity index (χ0v) is 14.1. The number of piperazine rings is 1. The molecule has 132 valence electrons. The minimum Gasteiger partial charge on any atom is -0.382 e. The maximum atomic E-state index is 11.5. The van der Waals surface area contributed by atoms with Crippen molar-refractivity contribution in [3.63, 3.8) is 0 Å². The number of aryl methyl sites for hydroxylation is 1. The molecule has 9 heteroatoms. The van der Waals surface area contributed by atoms with Gasteiger partial charge in [-0.15, -0.1) is 0 Å². The van der Waals surface area contributed by atoms with Gasteiger partial charge in [-0.3, -0.25) is 10.2 Å². The molecule has 7 N–H and O–H groups in total. The number of rotatable bonds is 3. The molecule has 1 amide bonds. The molecular formula is C16H22N8O. The summed E-state index contributed by atoms with van der Waals surface area (Å²) in [4.78, 5) is 24.2. The first-order chi connectivity index (χ1) is 12.0. The van der Waals surface area contributed by atoms with Crippen molar-refractivity contribution in [2.45, 2.75) is 6.92 Å². The number of nitrogen functional groups attached to an aromatic ring is 3. The molecule has 2 heterocycles. The van der Waals surface area contributed by atoms with Crippen molar-refractivity contribution >= 4 is 29.0 Å². The maximum Gasteiger partial charge on any atom is 0.265 e. The molecule has 1 aromatic heterocycles. The summed E-state index contributed by atoms with van der Waals surface area (Å²) in [6.07, 6.45) is 0. The van der Waals surface area contributed by atoms with Gasteiger partial charge in [-0.05, 0) is 31.2 Å². The number of hydrogen-bond donors (Lipinski definition) is 4. The van der Waals surface area contributed by atoms with Crippen LogP contribution in [0.1, 0.15) is 16.1 Å². The van der Waals surface area contributed by atoms with E-state index in [9.17, 15) is 4.79 Å². The fourth-order valence-corrected chi connectivity index (χ4v) is 3.10. The van der Waals surface area contributed by atoms with E-state index in [0.29, 0.717) is 11.4 Å². The number of amides is 1. The molecule has 0 radical (unpaired) electrons. The van der Waals surface area contributed by atoms with E-state index in [1.807, 2.05) is 19.1 Å². The Morgan fingerprint density at radius 2 is 1.64 bits per heavy atom. The van der Waals surface area contributed by atoms with Crippen LogP contribution >= 0.6 is 0 Å². The van der Waals surface area contributed by atoms with Gasteiger partial charge in [0.1, 0.15) is 5.69 Å². The number of hydrogen-bond acceptors (Lipinski definition) is 8. The normalized spacial score (nSPS) is 14.5. The van der Waals surface area contributed by atoms with Gasteiger partial charge in [0.2, 0.25) is 5.95 Å². The van der Waals surface area contributed by atoms with E-state index >= 15 is 0 Å². The van der Waals surface area contributed by atoms with E-state index in [2.05, 4.69) is 25.2 Å². The Morgan fingerprint density at radius 3 is 2.20 bits per heavy atom. The molecule has 2 aromatic rings. The van der Waals surface area contributed by atoms with Crippen LogP contribution in [0.4, 0.5) is 23.1 Å². The molecule has 1 saturated heterocycles. The number of carbonyl (C=O) groups excluding carboxylic acids is 1. The van der Waals surface area contributed by atoms with E-state index in [1.54, 1.807) is 12.1 Å². The summed E-state index contributed by atoms with van der Waals surface area (Å²) in [5.41, 5.74) is 17.0. The first kappa shape index (κ1) is 16.8. The number of nitrogens with two attached hydrogens (primary N) is 3. The molecule has 25 heavy (non-hydrogen) atoms. The number of carbonyl (C=O) groups is 1. The predicted molar refractivity (Wildman–Crippen MR) is 98.1 cm³/mol. The largest absolute Gasteiger partial charge is 0.382 e. The van der Waals surface area contributed by atoms with Crippen LogP contribution in [0.3, 0.4) is 0 Å². The van der Waals surface area contributed by atoms with Crippen LogP contribution in [0.2, 0.25) is 0 Å². The van der Waals surface area contributed by atoms with Crippen LogP contribution in [0.25, 0.3) is 0 Å². The fraction of sp³-hybridized carbons (Fsp3) is 0.312. The molecule has 0 atom stereocenters. The Labute approximate surface area is 145 Å². The van der Waals surface area contributed by atoms with E-state index in [0.717, 1.165) is 43.2 Å². The van der Waals surface area contributed by atoms with Crippen molar-refractivity contribution in [1.82, 2.24) is 15.4 Å². The minimum absolute atomic E-state index is 0.194. The number of nitrogens with zero attached hydrogens (tertiary/aromatic N) is 4. The summed E-state index contributed by atoms with van der Waals surface area (Å²) >= 11 is 0. The van der Waals surface area contributed by atoms with Crippen molar-refractivity contribution in [2.24, 2.45) is 5.84 Å². The monoisotopic (exact) mass is 342 g/mol. The molecule has 0 bridgehead atoms. The Kier molecular flexibility index (Phi) is 4.57. The highest BCUT2D eigenvalue weighted by atomic mass is 16.2. The molecule has 0 aliphatic carbocycles. The molecule has 1 aliphatic rings. The topological polar surface area (TPSA) is 139 Å². The molecule has 0 unspecified atom stereocenters. The zero-order valence-electron chi connectivity index (χ0n) is 14.1. The summed E-state index contributed by atoms with van der Waals surface area (Å²) in [7, 11) is 0. The second-order valence-electron chi connectivity index (χ2n) is 5.90. The predicted octanol–water partition coefficient (Wildman–Crippen LogP) is -0.120. The number of benzene rings is 1. The first-order valence-electron chi connectivity index (χ1n) is 8.00. The molecule has 0 spiro atoms. The Hall–Kier alpha value is -3.07. The van der Waals surface area contributed by atoms with Gasteiger partial charge < -0.3 is 21.3 Å². The quantitative estimate of drug-likeness (QED) is 0.344. The third-order valence-electron chi connectivity index (χ3n) is 4.32. The van der Waals surface area contributed by atoms with E-state index in [-0.39, 0.29) is 11.9 Å². The Morgan fingerprint density at radius 1 is 1.04 bits per heavy atom. The van der Waals surface area contributed by atoms with Gasteiger partial charge in [-0.25, -0.2) is 10.8 Å². The van der Waals surface area contributed by atoms with Crippen LogP contribution in [-0.4, -0.2) is 42.1 Å². The Balaban J connectivity index is 1.69. The number of aromatic nitrogens is 2. The standard InChI is InChI=1S/C16H22N8O/c1-10-13(14(17)21-16(18)20-10)24-8-6-23(7-9-24)12-4-2-11(3-5-12)15(25)22-19/h2-5H,6-9,19H2,1H3,(H,22,25)(H4,17,18,20,21). The van der Waals surface area contributed by atoms with Crippen molar-refractivity contribution in [3.8, 4) is 0 Å². The SMILES string of the molecule is Cc1nc(N)nc(N)c1N1CCN(c2ccc(C(=O)NN)cc2)CC1. The summed E-state index contributed by atoms with van der Waals surface area (Å²) in [6, 6.07) is 7.37. The lowest BCUT2D eigenvalue weighted by molar-refractivity contribution is 0.0953. The lowest BCUT2D eigenvalue weighted by Gasteiger charge is -2.38. The fourth-order valence-electron chi connectivity index (χ4n) is 3.10. The number of anilines is 4. The van der Waals surface area contributed by atoms with Gasteiger partial charge in [-0.1, -0.05) is 0 Å². The second kappa shape index (κ2) is 6.81. The second-order valence-corrected chi connectivity index (χ2v) is 5.90. The van der Waals surface area contributed by atoms with E-state index in [4.69, 9.17) is 17.3 Å². The third kappa shape index (κ3) is 3.41. The highest BCUT2D eigenvalue weighted by molar-refractivity contribution is 5.94. The summed E-state index contributed by atoms with van der Waals surface area (Å²) in [6.45, 7) is 5.13. The van der Waals surface area contributed by atoms with Crippen molar-refractivity contribution < 1.29 is 4.79 Å². The molecular weight excluding hydrogens is 320 g/mol. The molecule has 1 aromatic carbocycles. The van der Waals surface area contributed by atoms with Gasteiger partial charge >= 0.3 is 0 Å². The molecule has 3 rings (SSSR count). The number of hydrazine groups is 1. The number of nitrogens with one attached hydrogen (secondary N) is 1. The van der Waals surface area contributed by atoms with Gasteiger partial charge in [0, 0.05) is 37.4 Å². The molecule has 0 saturated carbocycles. The maximum absolute atomic E-state index is 11.5. The average Bonchev–Trinajstić information content (AvgIpc) is 2.61. The van der Waals surface area contributed by atoms with Crippen molar-refractivity contribution in [3.05, 3.63) is 35.5 Å². The van der Waals surface area contributed by atoms with Crippen LogP contribution in [0.5, 0.6) is 0 Å². The van der Waals surface area contributed by atoms with E-state index in [1.165, 1.54) is 0 Å². The van der Waals surface area contributed by atoms with Gasteiger partial charge in [-0.2, -0.15) is 4.98 Å². The lowest BCUT2D eigenvalue weighted by atomic mass is 10.1. The first-order valence-corrected chi connectivity index (χ1v) is 8.00. The van der Waals surface area contributed by atoms with Crippen LogP contribution in [0.15, 0.2) is 24.3 Å². The highest BCUT2D eigenvalue weighted by Crippen LogP contribution is 2.27. The average molecular weight is 342 g/mol. The van der Waals surface area contributed by atoms with Crippen molar-refractivity contribution in [2.75, 3.05) is 47.4 Å². The van der Waals surface area contributed by atoms with Crippen LogP contribution in [0, 0.1) is 6.92 Å². The summed E-state index contributed by atoms with van der Waals surface area (Å²) in [5.74, 6) is 5.45. The third-order valence-corrected chi connectivity index (χ3v) is 4.32. The van der Waals surface area contributed by atoms with Gasteiger partial charge in [0.05, 0.1) is 5.69 Å². The van der Waals surface area contributed by atoms with Gasteiger partial charge in [0.15, 0.2) is 5.82 Å². The minimum atomic E-state index is -0.300. The van der Waals surface area contributed by atoms with Crippen LogP contribution < -0.4 is 32.5 Å². The lowest BCUT2D eigenvalue weighted by Crippen LogP contribution is -2.47. The highest BCUT2D eigenvalue weighted by Gasteiger charge is 2.22. The van der Waals surface area contributed by atoms with Crippen molar-refractivity contribution in [1.29, 1.82) is 0 Å². The van der Waals surface area contributed by atoms with Gasteiger partial charge in [0.25, 0.3) is 5.91 Å². The molecule has 9 nitrogen and oxygen atoms in total. The smallest absolute Gasteiger partial charge is 0.265 e. The Bertz CT molecular complexity index is 745. The zero-order chi connectivity index (χ0) is 18.0. The summed E-state index contributed by atoms with van der Waals surface area (Å²) < 4.78 is 0. The van der Waals surface area contributed by atoms with E-state index < -0.39 is 0 Å².